The van der Waals surface area contributed by atoms with Crippen LogP contribution in [0.1, 0.15) is 11.3 Å². The second-order valence-corrected chi connectivity index (χ2v) is 7.21. The number of benzene rings is 2. The zero-order chi connectivity index (χ0) is 19.4. The minimum atomic E-state index is -0.107. The number of carbonyl (C=O) groups is 1. The summed E-state index contributed by atoms with van der Waals surface area (Å²) in [7, 11) is 1.95. The lowest BCUT2D eigenvalue weighted by Gasteiger charge is -2.14. The molecule has 0 spiro atoms. The van der Waals surface area contributed by atoms with Gasteiger partial charge in [-0.25, -0.2) is 4.68 Å². The molecule has 1 aromatic heterocycles. The summed E-state index contributed by atoms with van der Waals surface area (Å²) >= 11 is 12.7. The molecule has 0 saturated heterocycles. The minimum absolute atomic E-state index is 0.107. The van der Waals surface area contributed by atoms with Gasteiger partial charge in [0.15, 0.2) is 6.54 Å². The molecule has 0 aliphatic rings. The Hall–Kier alpha value is -2.34. The number of amides is 1. The fraction of sp³-hybridized carbons (Fsp3) is 0.200. The van der Waals surface area contributed by atoms with Crippen molar-refractivity contribution in [1.29, 1.82) is 0 Å². The van der Waals surface area contributed by atoms with Crippen LogP contribution in [0.3, 0.4) is 0 Å². The van der Waals surface area contributed by atoms with E-state index in [1.165, 1.54) is 0 Å². The zero-order valence-corrected chi connectivity index (χ0v) is 16.7. The van der Waals surface area contributed by atoms with Crippen molar-refractivity contribution in [2.75, 3.05) is 18.9 Å². The number of hydrogen-bond acceptors (Lipinski definition) is 2. The van der Waals surface area contributed by atoms with E-state index in [-0.39, 0.29) is 12.5 Å². The monoisotopic (exact) mass is 403 g/mol. The van der Waals surface area contributed by atoms with E-state index in [2.05, 4.69) is 10.4 Å². The summed E-state index contributed by atoms with van der Waals surface area (Å²) in [6, 6.07) is 16.9. The molecule has 0 radical (unpaired) electrons. The fourth-order valence-electron chi connectivity index (χ4n) is 2.87. The van der Waals surface area contributed by atoms with Crippen LogP contribution in [-0.2, 0) is 11.3 Å². The molecule has 0 fully saturated rings. The van der Waals surface area contributed by atoms with Crippen molar-refractivity contribution >= 4 is 34.8 Å². The van der Waals surface area contributed by atoms with Crippen LogP contribution in [0.25, 0.3) is 5.69 Å². The Kier molecular flexibility index (Phi) is 6.16. The molecule has 140 valence electrons. The number of halogens is 2. The molecule has 0 bridgehead atoms. The number of hydrogen-bond donors (Lipinski definition) is 2. The molecule has 1 atom stereocenters. The van der Waals surface area contributed by atoms with Crippen LogP contribution in [0.15, 0.2) is 54.6 Å². The van der Waals surface area contributed by atoms with Gasteiger partial charge in [-0.2, -0.15) is 5.10 Å². The van der Waals surface area contributed by atoms with E-state index in [1.807, 2.05) is 56.4 Å². The van der Waals surface area contributed by atoms with Gasteiger partial charge in [-0.05, 0) is 31.2 Å². The number of carbonyl (C=O) groups excluding carboxylic acids is 1. The molecule has 3 rings (SSSR count). The van der Waals surface area contributed by atoms with Crippen LogP contribution in [0.2, 0.25) is 10.2 Å². The van der Waals surface area contributed by atoms with Gasteiger partial charge in [0.1, 0.15) is 11.7 Å². The Morgan fingerprint density at radius 3 is 2.48 bits per heavy atom. The van der Waals surface area contributed by atoms with E-state index >= 15 is 0 Å². The molecule has 1 heterocycles. The van der Waals surface area contributed by atoms with E-state index in [9.17, 15) is 4.79 Å². The van der Waals surface area contributed by atoms with Gasteiger partial charge in [0.25, 0.3) is 5.91 Å². The van der Waals surface area contributed by atoms with Crippen LogP contribution in [0.5, 0.6) is 0 Å². The minimum Gasteiger partial charge on any atom is -0.326 e. The number of aryl methyl sites for hydroxylation is 1. The third kappa shape index (κ3) is 4.69. The highest BCUT2D eigenvalue weighted by Crippen LogP contribution is 2.23. The van der Waals surface area contributed by atoms with Crippen LogP contribution >= 0.6 is 23.2 Å². The van der Waals surface area contributed by atoms with E-state index < -0.39 is 0 Å². The molecule has 2 aromatic carbocycles. The highest BCUT2D eigenvalue weighted by Gasteiger charge is 2.20. The van der Waals surface area contributed by atoms with E-state index in [1.54, 1.807) is 16.8 Å². The quantitative estimate of drug-likeness (QED) is 0.663. The van der Waals surface area contributed by atoms with Crippen molar-refractivity contribution in [3.8, 4) is 5.69 Å². The number of nitrogens with zero attached hydrogens (tertiary/aromatic N) is 2. The van der Waals surface area contributed by atoms with E-state index in [4.69, 9.17) is 23.2 Å². The number of para-hydroxylation sites is 2. The maximum absolute atomic E-state index is 12.3. The van der Waals surface area contributed by atoms with Crippen LogP contribution < -0.4 is 10.2 Å². The molecular formula is C20H21Cl2N4O+. The SMILES string of the molecule is Cc1nn(-c2ccccc2)c(Cl)c1C[NH+](C)CC(=O)Nc1ccccc1Cl. The van der Waals surface area contributed by atoms with Crippen molar-refractivity contribution in [3.05, 3.63) is 76.0 Å². The molecule has 27 heavy (non-hydrogen) atoms. The second kappa shape index (κ2) is 8.57. The molecule has 1 amide bonds. The number of rotatable bonds is 6. The van der Waals surface area contributed by atoms with Gasteiger partial charge in [0.2, 0.25) is 0 Å². The van der Waals surface area contributed by atoms with Gasteiger partial charge in [-0.15, -0.1) is 0 Å². The topological polar surface area (TPSA) is 51.4 Å². The smallest absolute Gasteiger partial charge is 0.279 e. The molecule has 0 aliphatic heterocycles. The van der Waals surface area contributed by atoms with E-state index in [0.29, 0.717) is 22.4 Å². The number of quaternary nitrogens is 1. The van der Waals surface area contributed by atoms with Gasteiger partial charge < -0.3 is 10.2 Å². The maximum Gasteiger partial charge on any atom is 0.279 e. The third-order valence-electron chi connectivity index (χ3n) is 4.21. The summed E-state index contributed by atoms with van der Waals surface area (Å²) in [5.41, 5.74) is 3.31. The first-order chi connectivity index (χ1) is 13.0. The number of nitrogens with one attached hydrogen (secondary N) is 2. The van der Waals surface area contributed by atoms with Gasteiger partial charge in [0.05, 0.1) is 34.7 Å². The highest BCUT2D eigenvalue weighted by molar-refractivity contribution is 6.33. The Morgan fingerprint density at radius 2 is 1.78 bits per heavy atom. The lowest BCUT2D eigenvalue weighted by atomic mass is 10.2. The first-order valence-corrected chi connectivity index (χ1v) is 9.36. The number of anilines is 1. The first-order valence-electron chi connectivity index (χ1n) is 8.61. The Morgan fingerprint density at radius 1 is 1.11 bits per heavy atom. The summed E-state index contributed by atoms with van der Waals surface area (Å²) < 4.78 is 1.73. The first kappa shape index (κ1) is 19.4. The highest BCUT2D eigenvalue weighted by atomic mass is 35.5. The largest absolute Gasteiger partial charge is 0.326 e. The van der Waals surface area contributed by atoms with Crippen molar-refractivity contribution in [2.24, 2.45) is 0 Å². The molecule has 3 aromatic rings. The lowest BCUT2D eigenvalue weighted by Crippen LogP contribution is -3.08. The normalized spacial score (nSPS) is 12.0. The van der Waals surface area contributed by atoms with Crippen molar-refractivity contribution in [1.82, 2.24) is 9.78 Å². The van der Waals surface area contributed by atoms with Crippen LogP contribution in [-0.4, -0.2) is 29.3 Å². The number of likely N-dealkylation sites (N-methyl/N-ethyl adjacent to an activating group) is 1. The maximum atomic E-state index is 12.3. The Labute approximate surface area is 168 Å². The van der Waals surface area contributed by atoms with E-state index in [0.717, 1.165) is 21.8 Å². The van der Waals surface area contributed by atoms with Gasteiger partial charge in [-0.1, -0.05) is 53.5 Å². The average Bonchev–Trinajstić information content (AvgIpc) is 2.92. The zero-order valence-electron chi connectivity index (χ0n) is 15.2. The summed E-state index contributed by atoms with van der Waals surface area (Å²) in [4.78, 5) is 13.3. The third-order valence-corrected chi connectivity index (χ3v) is 4.93. The molecule has 1 unspecified atom stereocenters. The molecular weight excluding hydrogens is 383 g/mol. The van der Waals surface area contributed by atoms with Crippen molar-refractivity contribution in [2.45, 2.75) is 13.5 Å². The lowest BCUT2D eigenvalue weighted by molar-refractivity contribution is -0.885. The molecule has 2 N–H and O–H groups in total. The van der Waals surface area contributed by atoms with Crippen molar-refractivity contribution in [3.63, 3.8) is 0 Å². The summed E-state index contributed by atoms with van der Waals surface area (Å²) in [6.45, 7) is 2.81. The standard InChI is InChI=1S/C20H20Cl2N4O/c1-14-16(20(22)26(24-14)15-8-4-3-5-9-15)12-25(2)13-19(27)23-18-11-7-6-10-17(18)21/h3-11H,12-13H2,1-2H3,(H,23,27)/p+1. The Balaban J connectivity index is 1.68. The molecule has 5 nitrogen and oxygen atoms in total. The van der Waals surface area contributed by atoms with Crippen LogP contribution in [0.4, 0.5) is 5.69 Å². The average molecular weight is 404 g/mol. The fourth-order valence-corrected chi connectivity index (χ4v) is 3.39. The predicted molar refractivity (Wildman–Crippen MR) is 109 cm³/mol. The Bertz CT molecular complexity index is 940. The summed E-state index contributed by atoms with van der Waals surface area (Å²) in [5, 5.41) is 8.48. The molecule has 0 aliphatic carbocycles. The second-order valence-electron chi connectivity index (χ2n) is 6.44. The summed E-state index contributed by atoms with van der Waals surface area (Å²) in [6.07, 6.45) is 0. The predicted octanol–water partition coefficient (Wildman–Crippen LogP) is 3.14. The molecule has 0 saturated carbocycles. The van der Waals surface area contributed by atoms with Crippen molar-refractivity contribution < 1.29 is 9.69 Å². The van der Waals surface area contributed by atoms with Gasteiger partial charge in [-0.3, -0.25) is 4.79 Å². The summed E-state index contributed by atoms with van der Waals surface area (Å²) in [5.74, 6) is -0.107. The molecule has 7 heteroatoms. The number of aromatic nitrogens is 2. The van der Waals surface area contributed by atoms with Crippen LogP contribution in [0, 0.1) is 6.92 Å². The van der Waals surface area contributed by atoms with Gasteiger partial charge in [0, 0.05) is 0 Å². The van der Waals surface area contributed by atoms with Gasteiger partial charge >= 0.3 is 0 Å².